The first-order chi connectivity index (χ1) is 14.7. The van der Waals surface area contributed by atoms with Crippen molar-refractivity contribution in [1.82, 2.24) is 20.0 Å². The van der Waals surface area contributed by atoms with E-state index >= 15 is 0 Å². The zero-order chi connectivity index (χ0) is 22.1. The second kappa shape index (κ2) is 7.20. The third kappa shape index (κ3) is 3.61. The number of fused-ring (bicyclic) bond motifs is 2. The first-order valence-electron chi connectivity index (χ1n) is 10.6. The minimum Gasteiger partial charge on any atom is -0.351 e. The summed E-state index contributed by atoms with van der Waals surface area (Å²) in [6, 6.07) is 6.83. The van der Waals surface area contributed by atoms with Crippen molar-refractivity contribution < 1.29 is 14.4 Å². The van der Waals surface area contributed by atoms with Crippen molar-refractivity contribution in [2.75, 3.05) is 0 Å². The fourth-order valence-electron chi connectivity index (χ4n) is 4.96. The lowest BCUT2D eigenvalue weighted by Crippen LogP contribution is -2.51. The number of para-hydroxylation sites is 1. The number of aromatic nitrogens is 2. The first kappa shape index (κ1) is 20.8. The Kier molecular flexibility index (Phi) is 4.83. The normalized spacial score (nSPS) is 28.8. The highest BCUT2D eigenvalue weighted by Gasteiger charge is 2.58. The van der Waals surface area contributed by atoms with E-state index < -0.39 is 10.4 Å². The molecule has 1 N–H and O–H groups in total. The zero-order valence-corrected chi connectivity index (χ0v) is 18.9. The Labute approximate surface area is 190 Å². The minimum atomic E-state index is -0.768. The lowest BCUT2D eigenvalue weighted by Gasteiger charge is -2.28. The van der Waals surface area contributed by atoms with Crippen molar-refractivity contribution in [3.8, 4) is 0 Å². The van der Waals surface area contributed by atoms with Gasteiger partial charge in [-0.2, -0.15) is 5.10 Å². The van der Waals surface area contributed by atoms with Crippen LogP contribution < -0.4 is 5.32 Å². The Morgan fingerprint density at radius 3 is 2.65 bits per heavy atom. The molecule has 2 aliphatic carbocycles. The average Bonchev–Trinajstić information content (AvgIpc) is 3.52. The van der Waals surface area contributed by atoms with Crippen LogP contribution in [-0.4, -0.2) is 54.7 Å². The number of benzene rings is 1. The average molecular weight is 463 g/mol. The quantitative estimate of drug-likeness (QED) is 0.528. The second-order valence-corrected chi connectivity index (χ2v) is 10.6. The van der Waals surface area contributed by atoms with Crippen LogP contribution in [0.3, 0.4) is 0 Å². The fraction of sp³-hybridized carbons (Fsp3) is 0.545. The standard InChI is InChI=1S/C22H24Cl2N4O3/c1-11(15-9-22(15,23)24)25-21(31)18-8-13-7-17(13)28(18)19(30)10-27-16-6-4-3-5-14(16)20(26-27)12(2)29/h3-6,11,13,15,17-18H,7-10H2,1-2H3,(H,25,31)/t11-,13-,15-,17-,18+/m1/s1. The summed E-state index contributed by atoms with van der Waals surface area (Å²) < 4.78 is 0.802. The molecule has 7 nitrogen and oxygen atoms in total. The molecule has 2 aromatic rings. The number of rotatable bonds is 6. The molecule has 0 radical (unpaired) electrons. The second-order valence-electron chi connectivity index (χ2n) is 9.06. The number of nitrogens with one attached hydrogen (secondary N) is 1. The maximum absolute atomic E-state index is 13.3. The number of carbonyl (C=O) groups excluding carboxylic acids is 3. The molecule has 2 saturated carbocycles. The van der Waals surface area contributed by atoms with Crippen LogP contribution in [0.2, 0.25) is 0 Å². The van der Waals surface area contributed by atoms with E-state index in [4.69, 9.17) is 23.2 Å². The fourth-order valence-corrected chi connectivity index (χ4v) is 5.68. The molecule has 31 heavy (non-hydrogen) atoms. The van der Waals surface area contributed by atoms with Gasteiger partial charge in [-0.15, -0.1) is 23.2 Å². The topological polar surface area (TPSA) is 84.3 Å². The largest absolute Gasteiger partial charge is 0.351 e. The van der Waals surface area contributed by atoms with Gasteiger partial charge in [-0.05, 0) is 38.2 Å². The molecule has 5 rings (SSSR count). The van der Waals surface area contributed by atoms with Gasteiger partial charge in [-0.3, -0.25) is 19.1 Å². The summed E-state index contributed by atoms with van der Waals surface area (Å²) in [5, 5.41) is 8.13. The summed E-state index contributed by atoms with van der Waals surface area (Å²) in [7, 11) is 0. The number of nitrogens with zero attached hydrogens (tertiary/aromatic N) is 3. The Morgan fingerprint density at radius 1 is 1.26 bits per heavy atom. The molecule has 2 amide bonds. The van der Waals surface area contributed by atoms with Gasteiger partial charge in [-0.25, -0.2) is 0 Å². The third-order valence-corrected chi connectivity index (χ3v) is 7.69. The van der Waals surface area contributed by atoms with E-state index in [1.807, 2.05) is 31.2 Å². The molecular weight excluding hydrogens is 439 g/mol. The van der Waals surface area contributed by atoms with Crippen molar-refractivity contribution in [1.29, 1.82) is 0 Å². The van der Waals surface area contributed by atoms with Crippen LogP contribution in [0.5, 0.6) is 0 Å². The minimum absolute atomic E-state index is 0.00849. The number of halogens is 2. The van der Waals surface area contributed by atoms with Gasteiger partial charge in [0.2, 0.25) is 11.8 Å². The Balaban J connectivity index is 1.33. The van der Waals surface area contributed by atoms with E-state index in [0.717, 1.165) is 17.3 Å². The molecule has 1 aromatic carbocycles. The molecule has 2 heterocycles. The Morgan fingerprint density at radius 2 is 1.97 bits per heavy atom. The van der Waals surface area contributed by atoms with Gasteiger partial charge in [0.05, 0.1) is 5.52 Å². The van der Waals surface area contributed by atoms with Gasteiger partial charge in [0.1, 0.15) is 22.6 Å². The number of likely N-dealkylation sites (tertiary alicyclic amines) is 1. The molecule has 164 valence electrons. The highest BCUT2D eigenvalue weighted by molar-refractivity contribution is 6.50. The van der Waals surface area contributed by atoms with E-state index in [2.05, 4.69) is 10.4 Å². The first-order valence-corrected chi connectivity index (χ1v) is 11.4. The maximum atomic E-state index is 13.3. The number of hydrogen-bond acceptors (Lipinski definition) is 4. The van der Waals surface area contributed by atoms with E-state index in [1.165, 1.54) is 6.92 Å². The van der Waals surface area contributed by atoms with Crippen molar-refractivity contribution >= 4 is 51.7 Å². The molecule has 5 atom stereocenters. The molecule has 1 saturated heterocycles. The van der Waals surface area contributed by atoms with Gasteiger partial charge in [0.15, 0.2) is 5.78 Å². The summed E-state index contributed by atoms with van der Waals surface area (Å²) in [6.07, 6.45) is 2.25. The summed E-state index contributed by atoms with van der Waals surface area (Å²) in [5.41, 5.74) is 1.09. The molecule has 3 aliphatic rings. The Bertz CT molecular complexity index is 1100. The summed E-state index contributed by atoms with van der Waals surface area (Å²) >= 11 is 12.3. The van der Waals surface area contributed by atoms with E-state index in [-0.39, 0.29) is 42.1 Å². The molecule has 1 aromatic heterocycles. The lowest BCUT2D eigenvalue weighted by molar-refractivity contribution is -0.140. The van der Waals surface area contributed by atoms with Crippen LogP contribution in [0.4, 0.5) is 0 Å². The van der Waals surface area contributed by atoms with Gasteiger partial charge in [0.25, 0.3) is 0 Å². The van der Waals surface area contributed by atoms with E-state index in [9.17, 15) is 14.4 Å². The van der Waals surface area contributed by atoms with E-state index in [1.54, 1.807) is 9.58 Å². The van der Waals surface area contributed by atoms with Crippen molar-refractivity contribution in [3.63, 3.8) is 0 Å². The summed E-state index contributed by atoms with van der Waals surface area (Å²) in [6.45, 7) is 3.36. The van der Waals surface area contributed by atoms with Crippen LogP contribution in [0, 0.1) is 11.8 Å². The zero-order valence-electron chi connectivity index (χ0n) is 17.3. The van der Waals surface area contributed by atoms with Crippen LogP contribution in [-0.2, 0) is 16.1 Å². The van der Waals surface area contributed by atoms with Gasteiger partial charge >= 0.3 is 0 Å². The number of piperidine rings is 1. The summed E-state index contributed by atoms with van der Waals surface area (Å²) in [5.74, 6) is -0.0548. The molecule has 0 spiro atoms. The number of amides is 2. The third-order valence-electron chi connectivity index (χ3n) is 6.82. The van der Waals surface area contributed by atoms with Crippen molar-refractivity contribution in [2.24, 2.45) is 11.8 Å². The van der Waals surface area contributed by atoms with Crippen LogP contribution >= 0.6 is 23.2 Å². The number of hydrogen-bond donors (Lipinski definition) is 1. The predicted octanol–water partition coefficient (Wildman–Crippen LogP) is 2.93. The lowest BCUT2D eigenvalue weighted by atomic mass is 10.1. The molecular formula is C22H24Cl2N4O3. The van der Waals surface area contributed by atoms with E-state index in [0.29, 0.717) is 24.5 Å². The molecule has 9 heteroatoms. The van der Waals surface area contributed by atoms with Crippen LogP contribution in [0.1, 0.15) is 43.6 Å². The number of ketones is 1. The Hall–Kier alpha value is -2.12. The molecule has 0 unspecified atom stereocenters. The number of Topliss-reactive ketones (excluding diaryl/α,β-unsaturated/α-hetero) is 1. The smallest absolute Gasteiger partial charge is 0.245 e. The van der Waals surface area contributed by atoms with Crippen LogP contribution in [0.15, 0.2) is 24.3 Å². The van der Waals surface area contributed by atoms with Gasteiger partial charge in [0, 0.05) is 30.3 Å². The number of alkyl halides is 2. The predicted molar refractivity (Wildman–Crippen MR) is 117 cm³/mol. The molecule has 1 aliphatic heterocycles. The van der Waals surface area contributed by atoms with Crippen molar-refractivity contribution in [2.45, 2.75) is 62.1 Å². The van der Waals surface area contributed by atoms with Crippen molar-refractivity contribution in [3.05, 3.63) is 30.0 Å². The SMILES string of the molecule is CC(=O)c1nn(CC(=O)N2[C@@H]3C[C@@H]3C[C@H]2C(=O)N[C@H](C)[C@H]2CC2(Cl)Cl)c2ccccc12. The van der Waals surface area contributed by atoms with Gasteiger partial charge in [-0.1, -0.05) is 18.2 Å². The summed E-state index contributed by atoms with van der Waals surface area (Å²) in [4.78, 5) is 40.0. The monoisotopic (exact) mass is 462 g/mol. The van der Waals surface area contributed by atoms with Crippen LogP contribution in [0.25, 0.3) is 10.9 Å². The highest BCUT2D eigenvalue weighted by atomic mass is 35.5. The number of carbonyl (C=O) groups is 3. The molecule has 3 fully saturated rings. The van der Waals surface area contributed by atoms with Gasteiger partial charge < -0.3 is 10.2 Å². The molecule has 0 bridgehead atoms. The maximum Gasteiger partial charge on any atom is 0.245 e. The highest BCUT2D eigenvalue weighted by Crippen LogP contribution is 2.55.